The van der Waals surface area contributed by atoms with Gasteiger partial charge in [-0.2, -0.15) is 0 Å². The highest BCUT2D eigenvalue weighted by Crippen LogP contribution is 2.30. The van der Waals surface area contributed by atoms with E-state index >= 15 is 0 Å². The van der Waals surface area contributed by atoms with E-state index in [9.17, 15) is 0 Å². The molecule has 1 fully saturated rings. The van der Waals surface area contributed by atoms with Gasteiger partial charge in [0.05, 0.1) is 19.4 Å². The number of hydrogen-bond donors (Lipinski definition) is 0. The average Bonchev–Trinajstić information content (AvgIpc) is 2.12. The predicted molar refractivity (Wildman–Crippen MR) is 49.1 cm³/mol. The largest absolute Gasteiger partial charge is 0.493 e. The van der Waals surface area contributed by atoms with Crippen LogP contribution in [0.2, 0.25) is 0 Å². The minimum Gasteiger partial charge on any atom is -0.493 e. The minimum atomic E-state index is 0.373. The fraction of sp³-hybridized carbons (Fsp3) is 0.500. The van der Waals surface area contributed by atoms with Crippen molar-refractivity contribution in [1.29, 1.82) is 0 Å². The second-order valence-corrected chi connectivity index (χ2v) is 3.20. The summed E-state index contributed by atoms with van der Waals surface area (Å²) < 4.78 is 10.8. The minimum absolute atomic E-state index is 0.373. The van der Waals surface area contributed by atoms with Gasteiger partial charge in [-0.05, 0) is 19.3 Å². The van der Waals surface area contributed by atoms with E-state index in [1.54, 1.807) is 19.5 Å². The predicted octanol–water partition coefficient (Wildman–Crippen LogP) is 2.02. The molecule has 3 heteroatoms. The number of hydrogen-bond acceptors (Lipinski definition) is 3. The van der Waals surface area contributed by atoms with E-state index in [2.05, 4.69) is 4.98 Å². The summed E-state index contributed by atoms with van der Waals surface area (Å²) in [5, 5.41) is 0. The summed E-state index contributed by atoms with van der Waals surface area (Å²) >= 11 is 0. The van der Waals surface area contributed by atoms with Gasteiger partial charge in [0.1, 0.15) is 0 Å². The maximum absolute atomic E-state index is 5.68. The van der Waals surface area contributed by atoms with Crippen LogP contribution in [0.4, 0.5) is 0 Å². The molecule has 1 aromatic rings. The third kappa shape index (κ3) is 1.74. The van der Waals surface area contributed by atoms with Gasteiger partial charge in [0.2, 0.25) is 0 Å². The lowest BCUT2D eigenvalue weighted by atomic mass is 9.96. The molecule has 0 aliphatic heterocycles. The molecule has 0 amide bonds. The smallest absolute Gasteiger partial charge is 0.179 e. The molecule has 1 heterocycles. The summed E-state index contributed by atoms with van der Waals surface area (Å²) in [7, 11) is 1.64. The van der Waals surface area contributed by atoms with Gasteiger partial charge < -0.3 is 9.47 Å². The Bertz CT molecular complexity index is 284. The summed E-state index contributed by atoms with van der Waals surface area (Å²) in [5.74, 6) is 1.52. The van der Waals surface area contributed by atoms with E-state index in [4.69, 9.17) is 9.47 Å². The monoisotopic (exact) mass is 179 g/mol. The molecular formula is C10H13NO2. The van der Waals surface area contributed by atoms with Crippen molar-refractivity contribution in [2.75, 3.05) is 7.11 Å². The number of pyridine rings is 1. The zero-order chi connectivity index (χ0) is 9.10. The number of aromatic nitrogens is 1. The fourth-order valence-electron chi connectivity index (χ4n) is 1.29. The van der Waals surface area contributed by atoms with Gasteiger partial charge in [0, 0.05) is 12.3 Å². The van der Waals surface area contributed by atoms with Gasteiger partial charge in [0.15, 0.2) is 11.5 Å². The van der Waals surface area contributed by atoms with Crippen LogP contribution in [0, 0.1) is 0 Å². The molecule has 3 nitrogen and oxygen atoms in total. The standard InChI is InChI=1S/C10H13NO2/c1-12-9-5-6-11-7-10(9)13-8-3-2-4-8/h5-8H,2-4H2,1H3. The molecule has 0 N–H and O–H groups in total. The Morgan fingerprint density at radius 3 is 2.85 bits per heavy atom. The Hall–Kier alpha value is -1.25. The topological polar surface area (TPSA) is 31.4 Å². The molecule has 0 aromatic carbocycles. The summed E-state index contributed by atoms with van der Waals surface area (Å²) in [6, 6.07) is 1.81. The Morgan fingerprint density at radius 1 is 1.38 bits per heavy atom. The number of methoxy groups -OCH3 is 1. The Morgan fingerprint density at radius 2 is 2.23 bits per heavy atom. The first kappa shape index (κ1) is 8.35. The van der Waals surface area contributed by atoms with Crippen LogP contribution < -0.4 is 9.47 Å². The van der Waals surface area contributed by atoms with E-state index in [1.165, 1.54) is 6.42 Å². The van der Waals surface area contributed by atoms with E-state index in [1.807, 2.05) is 6.07 Å². The van der Waals surface area contributed by atoms with Gasteiger partial charge in [-0.15, -0.1) is 0 Å². The molecule has 1 aliphatic rings. The third-order valence-electron chi connectivity index (χ3n) is 2.31. The molecule has 2 rings (SSSR count). The molecule has 0 spiro atoms. The molecule has 1 saturated carbocycles. The second kappa shape index (κ2) is 3.64. The van der Waals surface area contributed by atoms with Gasteiger partial charge in [-0.25, -0.2) is 0 Å². The highest BCUT2D eigenvalue weighted by Gasteiger charge is 2.20. The molecule has 0 bridgehead atoms. The molecule has 0 saturated heterocycles. The molecule has 0 atom stereocenters. The SMILES string of the molecule is COc1ccncc1OC1CCC1. The first-order valence-electron chi connectivity index (χ1n) is 4.55. The zero-order valence-electron chi connectivity index (χ0n) is 7.69. The molecule has 0 radical (unpaired) electrons. The zero-order valence-corrected chi connectivity index (χ0v) is 7.69. The molecule has 1 aliphatic carbocycles. The van der Waals surface area contributed by atoms with Crippen LogP contribution in [-0.2, 0) is 0 Å². The van der Waals surface area contributed by atoms with Crippen molar-refractivity contribution >= 4 is 0 Å². The van der Waals surface area contributed by atoms with Crippen molar-refractivity contribution in [1.82, 2.24) is 4.98 Å². The lowest BCUT2D eigenvalue weighted by Gasteiger charge is -2.26. The Balaban J connectivity index is 2.08. The third-order valence-corrected chi connectivity index (χ3v) is 2.31. The summed E-state index contributed by atoms with van der Waals surface area (Å²) in [5.41, 5.74) is 0. The van der Waals surface area contributed by atoms with E-state index in [0.717, 1.165) is 24.3 Å². The van der Waals surface area contributed by atoms with Crippen LogP contribution >= 0.6 is 0 Å². The number of rotatable bonds is 3. The van der Waals surface area contributed by atoms with Crippen molar-refractivity contribution in [3.05, 3.63) is 18.5 Å². The lowest BCUT2D eigenvalue weighted by Crippen LogP contribution is -2.24. The van der Waals surface area contributed by atoms with Gasteiger partial charge in [-0.1, -0.05) is 0 Å². The maximum atomic E-state index is 5.68. The first-order chi connectivity index (χ1) is 6.40. The van der Waals surface area contributed by atoms with E-state index in [-0.39, 0.29) is 0 Å². The quantitative estimate of drug-likeness (QED) is 0.711. The van der Waals surface area contributed by atoms with Gasteiger partial charge >= 0.3 is 0 Å². The normalized spacial score (nSPS) is 16.4. The lowest BCUT2D eigenvalue weighted by molar-refractivity contribution is 0.115. The Kier molecular flexibility index (Phi) is 2.34. The highest BCUT2D eigenvalue weighted by molar-refractivity contribution is 5.36. The van der Waals surface area contributed by atoms with Crippen LogP contribution in [-0.4, -0.2) is 18.2 Å². The molecule has 13 heavy (non-hydrogen) atoms. The summed E-state index contributed by atoms with van der Waals surface area (Å²) in [4.78, 5) is 4.00. The fourth-order valence-corrected chi connectivity index (χ4v) is 1.29. The average molecular weight is 179 g/mol. The van der Waals surface area contributed by atoms with Gasteiger partial charge in [-0.3, -0.25) is 4.98 Å². The van der Waals surface area contributed by atoms with Crippen LogP contribution in [0.25, 0.3) is 0 Å². The molecule has 70 valence electrons. The van der Waals surface area contributed by atoms with Crippen LogP contribution in [0.5, 0.6) is 11.5 Å². The van der Waals surface area contributed by atoms with Crippen molar-refractivity contribution in [3.63, 3.8) is 0 Å². The van der Waals surface area contributed by atoms with Crippen molar-refractivity contribution < 1.29 is 9.47 Å². The molecule has 1 aromatic heterocycles. The van der Waals surface area contributed by atoms with Crippen LogP contribution in [0.15, 0.2) is 18.5 Å². The van der Waals surface area contributed by atoms with Crippen molar-refractivity contribution in [2.45, 2.75) is 25.4 Å². The number of ether oxygens (including phenoxy) is 2. The summed E-state index contributed by atoms with van der Waals surface area (Å²) in [6.07, 6.45) is 7.35. The molecular weight excluding hydrogens is 166 g/mol. The van der Waals surface area contributed by atoms with Crippen LogP contribution in [0.3, 0.4) is 0 Å². The van der Waals surface area contributed by atoms with Gasteiger partial charge in [0.25, 0.3) is 0 Å². The van der Waals surface area contributed by atoms with E-state index < -0.39 is 0 Å². The molecule has 0 unspecified atom stereocenters. The first-order valence-corrected chi connectivity index (χ1v) is 4.55. The summed E-state index contributed by atoms with van der Waals surface area (Å²) in [6.45, 7) is 0. The highest BCUT2D eigenvalue weighted by atomic mass is 16.5. The van der Waals surface area contributed by atoms with Crippen molar-refractivity contribution in [3.8, 4) is 11.5 Å². The second-order valence-electron chi connectivity index (χ2n) is 3.20. The van der Waals surface area contributed by atoms with Crippen molar-refractivity contribution in [2.24, 2.45) is 0 Å². The number of nitrogens with zero attached hydrogens (tertiary/aromatic N) is 1. The Labute approximate surface area is 77.7 Å². The van der Waals surface area contributed by atoms with Crippen LogP contribution in [0.1, 0.15) is 19.3 Å². The maximum Gasteiger partial charge on any atom is 0.179 e. The van der Waals surface area contributed by atoms with E-state index in [0.29, 0.717) is 6.10 Å².